The number of carbonyl (C=O) groups is 9. The zero-order valence-electron chi connectivity index (χ0n) is 44.0. The molecule has 1 saturated heterocycles. The molecule has 0 spiro atoms. The number of esters is 4. The second-order valence-electron chi connectivity index (χ2n) is 18.3. The van der Waals surface area contributed by atoms with Gasteiger partial charge in [0.25, 0.3) is 0 Å². The largest absolute Gasteiger partial charge is 0.477 e. The first-order valence-corrected chi connectivity index (χ1v) is 26.3. The van der Waals surface area contributed by atoms with Crippen LogP contribution in [0.15, 0.2) is 109 Å². The third-order valence-corrected chi connectivity index (χ3v) is 13.6. The van der Waals surface area contributed by atoms with E-state index in [1.54, 1.807) is 60.7 Å². The first-order valence-electron chi connectivity index (χ1n) is 24.9. The highest BCUT2D eigenvalue weighted by Crippen LogP contribution is 2.53. The van der Waals surface area contributed by atoms with Crippen molar-refractivity contribution in [1.29, 1.82) is 0 Å². The molecule has 1 aliphatic heterocycles. The fraction of sp³-hybridized carbons (Fsp3) is 0.389. The van der Waals surface area contributed by atoms with E-state index in [0.29, 0.717) is 11.1 Å². The number of fused-ring (bicyclic) bond motifs is 3. The highest BCUT2D eigenvalue weighted by molar-refractivity contribution is 7.48. The van der Waals surface area contributed by atoms with Crippen molar-refractivity contribution in [1.82, 2.24) is 21.3 Å². The van der Waals surface area contributed by atoms with Crippen molar-refractivity contribution in [2.24, 2.45) is 5.73 Å². The number of nitrogens with two attached hydrogens (primary N) is 1. The molecule has 5 amide bonds. The van der Waals surface area contributed by atoms with Gasteiger partial charge in [-0.2, -0.15) is 0 Å². The maximum atomic E-state index is 15.2. The molecule has 1 fully saturated rings. The maximum Gasteiger partial charge on any atom is 0.477 e. The van der Waals surface area contributed by atoms with E-state index in [1.807, 2.05) is 48.5 Å². The second kappa shape index (κ2) is 28.0. The third kappa shape index (κ3) is 17.2. The zero-order valence-corrected chi connectivity index (χ0v) is 44.9. The molecule has 4 aromatic carbocycles. The maximum absolute atomic E-state index is 15.2. The Morgan fingerprint density at radius 3 is 1.65 bits per heavy atom. The van der Waals surface area contributed by atoms with Gasteiger partial charge in [0.2, 0.25) is 29.9 Å². The Kier molecular flexibility index (Phi) is 21.4. The SMILES string of the molecule is CC(=O)OC[C@H]1O[C@H](OP(=O)(OCc2ccccc2)OC[C@H](NC(=O)OCC2c3ccccc3-c3ccccc32)C(=O)N[C@@H](C)C(=O)N[C@@H](Cc2ccccc2)C(=O)N[C@@H](C)C(N)=O)[C@@H](OC(C)=O)[C@@H](OC(C)=O)[C@@H]1OC(C)=O. The van der Waals surface area contributed by atoms with Gasteiger partial charge in [-0.1, -0.05) is 109 Å². The van der Waals surface area contributed by atoms with Crippen LogP contribution in [0.5, 0.6) is 0 Å². The summed E-state index contributed by atoms with van der Waals surface area (Å²) in [6.45, 7) is 4.15. The van der Waals surface area contributed by atoms with Gasteiger partial charge in [-0.05, 0) is 47.2 Å². The first kappa shape index (κ1) is 60.2. The van der Waals surface area contributed by atoms with Crippen molar-refractivity contribution in [3.63, 3.8) is 0 Å². The number of nitrogens with one attached hydrogen (secondary N) is 4. The zero-order chi connectivity index (χ0) is 57.4. The number of hydrogen-bond donors (Lipinski definition) is 5. The number of ether oxygens (including phenoxy) is 6. The number of carbonyl (C=O) groups excluding carboxylic acids is 9. The smallest absolute Gasteiger partial charge is 0.463 e. The summed E-state index contributed by atoms with van der Waals surface area (Å²) in [5, 5.41) is 9.90. The Morgan fingerprint density at radius 2 is 1.08 bits per heavy atom. The Labute approximate surface area is 454 Å². The Bertz CT molecular complexity index is 2850. The summed E-state index contributed by atoms with van der Waals surface area (Å²) in [7, 11) is -5.29. The minimum atomic E-state index is -5.29. The van der Waals surface area contributed by atoms with Gasteiger partial charge in [-0.25, -0.2) is 9.36 Å². The quantitative estimate of drug-likeness (QED) is 0.0360. The molecule has 1 unspecified atom stereocenters. The van der Waals surface area contributed by atoms with E-state index in [2.05, 4.69) is 21.3 Å². The Balaban J connectivity index is 1.31. The minimum Gasteiger partial charge on any atom is -0.463 e. The third-order valence-electron chi connectivity index (χ3n) is 12.2. The summed E-state index contributed by atoms with van der Waals surface area (Å²) in [4.78, 5) is 117. The lowest BCUT2D eigenvalue weighted by Gasteiger charge is -2.44. The fourth-order valence-electron chi connectivity index (χ4n) is 8.48. The van der Waals surface area contributed by atoms with E-state index in [4.69, 9.17) is 47.7 Å². The molecule has 2 aliphatic rings. The van der Waals surface area contributed by atoms with Crippen molar-refractivity contribution in [2.75, 3.05) is 19.8 Å². The standard InChI is InChI=1S/C54H62N5O19P/c1-30(49(55)64)56-51(66)43(25-36-17-9-7-10-18-36)58-50(65)31(2)57-52(67)44(59-54(68)71-27-42-40-23-15-13-21-38(40)39-22-14-16-24-41(39)42)28-73-79(69,72-26-37-19-11-8-12-20-37)78-53-48(76-35(6)63)47(75-34(5)62)46(74-33(4)61)45(77-53)29-70-32(3)60/h7-24,30-31,42-48,53H,25-29H2,1-6H3,(H2,55,64)(H,56,66)(H,57,67)(H,58,65)(H,59,68)/t30-,31-,43-,44-,45+,46+,47-,48-,53+,79?/m0/s1. The highest BCUT2D eigenvalue weighted by atomic mass is 31.2. The molecule has 6 rings (SSSR count). The molecule has 0 aromatic heterocycles. The molecule has 24 nitrogen and oxygen atoms in total. The number of alkyl carbamates (subject to hydrolysis) is 1. The van der Waals surface area contributed by atoms with Gasteiger partial charge in [0.1, 0.15) is 43.5 Å². The van der Waals surface area contributed by atoms with Gasteiger partial charge >= 0.3 is 37.8 Å². The lowest BCUT2D eigenvalue weighted by atomic mass is 9.98. The summed E-state index contributed by atoms with van der Waals surface area (Å²) < 4.78 is 66.2. The van der Waals surface area contributed by atoms with Gasteiger partial charge in [0.05, 0.1) is 13.2 Å². The van der Waals surface area contributed by atoms with E-state index in [-0.39, 0.29) is 13.0 Å². The van der Waals surface area contributed by atoms with Crippen molar-refractivity contribution in [2.45, 2.75) is 115 Å². The molecule has 0 bridgehead atoms. The van der Waals surface area contributed by atoms with Gasteiger partial charge < -0.3 is 55.4 Å². The number of phosphoric acid groups is 1. The van der Waals surface area contributed by atoms with E-state index in [9.17, 15) is 43.2 Å². The van der Waals surface area contributed by atoms with Gasteiger partial charge in [-0.3, -0.25) is 51.9 Å². The number of benzene rings is 4. The molecular weight excluding hydrogens is 1050 g/mol. The molecule has 1 heterocycles. The number of hydrogen-bond acceptors (Lipinski definition) is 19. The summed E-state index contributed by atoms with van der Waals surface area (Å²) in [6, 6.07) is 26.0. The number of rotatable bonds is 25. The molecule has 10 atom stereocenters. The van der Waals surface area contributed by atoms with E-state index in [1.165, 1.54) is 13.8 Å². The topological polar surface area (TPSA) is 328 Å². The van der Waals surface area contributed by atoms with Crippen LogP contribution in [-0.2, 0) is 97.9 Å². The summed E-state index contributed by atoms with van der Waals surface area (Å²) >= 11 is 0. The van der Waals surface area contributed by atoms with Crippen LogP contribution in [-0.4, -0.2) is 128 Å². The van der Waals surface area contributed by atoms with Crippen LogP contribution in [0.25, 0.3) is 11.1 Å². The molecule has 422 valence electrons. The van der Waals surface area contributed by atoms with Crippen LogP contribution in [0.2, 0.25) is 0 Å². The molecular formula is C54H62N5O19P. The van der Waals surface area contributed by atoms with E-state index < -0.39 is 142 Å². The van der Waals surface area contributed by atoms with Crippen molar-refractivity contribution < 1.29 is 89.7 Å². The number of amides is 5. The minimum absolute atomic E-state index is 0.0534. The van der Waals surface area contributed by atoms with Crippen LogP contribution < -0.4 is 27.0 Å². The highest BCUT2D eigenvalue weighted by Gasteiger charge is 2.55. The normalized spacial score (nSPS) is 19.6. The van der Waals surface area contributed by atoms with Gasteiger partial charge in [0.15, 0.2) is 18.3 Å². The lowest BCUT2D eigenvalue weighted by molar-refractivity contribution is -0.292. The molecule has 25 heteroatoms. The summed E-state index contributed by atoms with van der Waals surface area (Å²) in [5.74, 6) is -7.82. The Hall–Kier alpha value is -8.02. The number of primary amides is 1. The van der Waals surface area contributed by atoms with Crippen LogP contribution in [0.3, 0.4) is 0 Å². The van der Waals surface area contributed by atoms with E-state index >= 15 is 4.57 Å². The van der Waals surface area contributed by atoms with Gasteiger partial charge in [0, 0.05) is 40.0 Å². The van der Waals surface area contributed by atoms with Crippen LogP contribution in [0.4, 0.5) is 4.79 Å². The van der Waals surface area contributed by atoms with Crippen LogP contribution in [0, 0.1) is 0 Å². The van der Waals surface area contributed by atoms with Crippen LogP contribution in [0.1, 0.15) is 69.7 Å². The van der Waals surface area contributed by atoms with E-state index in [0.717, 1.165) is 49.9 Å². The monoisotopic (exact) mass is 1120 g/mol. The average Bonchev–Trinajstić information content (AvgIpc) is 3.77. The second-order valence-corrected chi connectivity index (χ2v) is 19.9. The molecule has 4 aromatic rings. The van der Waals surface area contributed by atoms with Gasteiger partial charge in [-0.15, -0.1) is 0 Å². The summed E-state index contributed by atoms with van der Waals surface area (Å²) in [5.41, 5.74) is 10.0. The fourth-order valence-corrected chi connectivity index (χ4v) is 9.74. The lowest BCUT2D eigenvalue weighted by Crippen LogP contribution is -2.62. The molecule has 0 radical (unpaired) electrons. The molecule has 6 N–H and O–H groups in total. The predicted molar refractivity (Wildman–Crippen MR) is 276 cm³/mol. The van der Waals surface area contributed by atoms with Crippen molar-refractivity contribution in [3.05, 3.63) is 131 Å². The number of phosphoric ester groups is 1. The first-order chi connectivity index (χ1) is 37.6. The predicted octanol–water partition coefficient (Wildman–Crippen LogP) is 3.56. The molecule has 1 aliphatic carbocycles. The van der Waals surface area contributed by atoms with Crippen LogP contribution >= 0.6 is 7.82 Å². The Morgan fingerprint density at radius 1 is 0.557 bits per heavy atom. The molecule has 79 heavy (non-hydrogen) atoms. The molecule has 0 saturated carbocycles. The van der Waals surface area contributed by atoms with Crippen molar-refractivity contribution in [3.8, 4) is 11.1 Å². The summed E-state index contributed by atoms with van der Waals surface area (Å²) in [6.07, 6.45) is -10.2. The van der Waals surface area contributed by atoms with Crippen molar-refractivity contribution >= 4 is 61.4 Å². The average molecular weight is 1120 g/mol.